The monoisotopic (exact) mass is 255 g/mol. The average molecular weight is 255 g/mol. The second-order valence-corrected chi connectivity index (χ2v) is 5.17. The summed E-state index contributed by atoms with van der Waals surface area (Å²) < 4.78 is 25.8. The molecule has 1 aromatic heterocycles. The van der Waals surface area contributed by atoms with E-state index in [1.54, 1.807) is 0 Å². The minimum absolute atomic E-state index is 0.0254. The third kappa shape index (κ3) is 4.38. The van der Waals surface area contributed by atoms with E-state index in [1.807, 2.05) is 6.07 Å². The Bertz CT molecular complexity index is 536. The standard InChI is InChI=1S/C10H13N3O3S/c11-6-2-1-3-7-13-17(15,16)9-4-5-10(14)12-8-9/h4-5,8,13H,1-3,7H2,(H,12,14). The summed E-state index contributed by atoms with van der Waals surface area (Å²) in [4.78, 5) is 13.1. The molecule has 0 aliphatic carbocycles. The second-order valence-electron chi connectivity index (χ2n) is 3.40. The fourth-order valence-electron chi connectivity index (χ4n) is 1.18. The maximum atomic E-state index is 11.7. The van der Waals surface area contributed by atoms with Gasteiger partial charge in [-0.2, -0.15) is 5.26 Å². The Kier molecular flexibility index (Phi) is 4.87. The van der Waals surface area contributed by atoms with Crippen LogP contribution >= 0.6 is 0 Å². The lowest BCUT2D eigenvalue weighted by atomic mass is 10.2. The molecule has 0 amide bonds. The lowest BCUT2D eigenvalue weighted by molar-refractivity contribution is 0.577. The minimum Gasteiger partial charge on any atom is -0.328 e. The quantitative estimate of drug-likeness (QED) is 0.716. The summed E-state index contributed by atoms with van der Waals surface area (Å²) in [6.07, 6.45) is 2.83. The van der Waals surface area contributed by atoms with Gasteiger partial charge in [0.15, 0.2) is 0 Å². The number of nitrogens with zero attached hydrogens (tertiary/aromatic N) is 1. The maximum Gasteiger partial charge on any atom is 0.247 e. The van der Waals surface area contributed by atoms with Gasteiger partial charge in [0.2, 0.25) is 15.6 Å². The molecular formula is C10H13N3O3S. The van der Waals surface area contributed by atoms with Gasteiger partial charge in [-0.25, -0.2) is 13.1 Å². The van der Waals surface area contributed by atoms with Crippen molar-refractivity contribution in [2.75, 3.05) is 6.54 Å². The van der Waals surface area contributed by atoms with Crippen LogP contribution in [0, 0.1) is 11.3 Å². The molecule has 7 heteroatoms. The second kappa shape index (κ2) is 6.18. The van der Waals surface area contributed by atoms with Crippen molar-refractivity contribution in [3.63, 3.8) is 0 Å². The molecule has 2 N–H and O–H groups in total. The van der Waals surface area contributed by atoms with Gasteiger partial charge in [0.05, 0.1) is 11.0 Å². The fourth-order valence-corrected chi connectivity index (χ4v) is 2.22. The molecule has 0 aliphatic rings. The van der Waals surface area contributed by atoms with Crippen LogP contribution in [-0.2, 0) is 10.0 Å². The highest BCUT2D eigenvalue weighted by Crippen LogP contribution is 2.04. The predicted molar refractivity (Wildman–Crippen MR) is 61.7 cm³/mol. The third-order valence-corrected chi connectivity index (χ3v) is 3.53. The number of aromatic amines is 1. The number of aromatic nitrogens is 1. The molecule has 6 nitrogen and oxygen atoms in total. The molecule has 0 aliphatic heterocycles. The van der Waals surface area contributed by atoms with Gasteiger partial charge in [0.1, 0.15) is 0 Å². The molecule has 0 radical (unpaired) electrons. The molecule has 0 bridgehead atoms. The Morgan fingerprint density at radius 2 is 2.12 bits per heavy atom. The van der Waals surface area contributed by atoms with Crippen LogP contribution in [0.4, 0.5) is 0 Å². The summed E-state index contributed by atoms with van der Waals surface area (Å²) in [5, 5.41) is 8.31. The van der Waals surface area contributed by atoms with Crippen molar-refractivity contribution in [3.05, 3.63) is 28.7 Å². The normalized spacial score (nSPS) is 11.0. The van der Waals surface area contributed by atoms with Crippen LogP contribution in [0.5, 0.6) is 0 Å². The zero-order valence-corrected chi connectivity index (χ0v) is 9.96. The summed E-state index contributed by atoms with van der Waals surface area (Å²) in [7, 11) is -3.57. The molecule has 1 rings (SSSR count). The van der Waals surface area contributed by atoms with Crippen molar-refractivity contribution < 1.29 is 8.42 Å². The molecule has 0 aromatic carbocycles. The third-order valence-electron chi connectivity index (χ3n) is 2.07. The fraction of sp³-hybridized carbons (Fsp3) is 0.400. The van der Waals surface area contributed by atoms with E-state index < -0.39 is 10.0 Å². The van der Waals surface area contributed by atoms with Crippen LogP contribution in [0.1, 0.15) is 19.3 Å². The van der Waals surface area contributed by atoms with Crippen molar-refractivity contribution in [1.82, 2.24) is 9.71 Å². The lowest BCUT2D eigenvalue weighted by Crippen LogP contribution is -2.25. The summed E-state index contributed by atoms with van der Waals surface area (Å²) in [5.41, 5.74) is -0.349. The van der Waals surface area contributed by atoms with Crippen molar-refractivity contribution in [3.8, 4) is 6.07 Å². The number of nitriles is 1. The van der Waals surface area contributed by atoms with Crippen LogP contribution < -0.4 is 10.3 Å². The van der Waals surface area contributed by atoms with Crippen LogP contribution in [-0.4, -0.2) is 19.9 Å². The number of hydrogen-bond acceptors (Lipinski definition) is 4. The first kappa shape index (κ1) is 13.4. The van der Waals surface area contributed by atoms with Gasteiger partial charge < -0.3 is 4.98 Å². The molecular weight excluding hydrogens is 242 g/mol. The number of nitrogens with one attached hydrogen (secondary N) is 2. The largest absolute Gasteiger partial charge is 0.328 e. The highest BCUT2D eigenvalue weighted by Gasteiger charge is 2.12. The van der Waals surface area contributed by atoms with Crippen LogP contribution in [0.3, 0.4) is 0 Å². The molecule has 0 fully saturated rings. The molecule has 0 unspecified atom stereocenters. The molecule has 0 spiro atoms. The Labute approximate surface area is 99.3 Å². The Morgan fingerprint density at radius 3 is 2.71 bits per heavy atom. The molecule has 1 heterocycles. The average Bonchev–Trinajstić information content (AvgIpc) is 2.29. The summed E-state index contributed by atoms with van der Waals surface area (Å²) in [5.74, 6) is 0. The van der Waals surface area contributed by atoms with E-state index in [-0.39, 0.29) is 17.0 Å². The smallest absolute Gasteiger partial charge is 0.247 e. The number of hydrogen-bond donors (Lipinski definition) is 2. The Morgan fingerprint density at radius 1 is 1.35 bits per heavy atom. The Hall–Kier alpha value is -1.65. The zero-order valence-electron chi connectivity index (χ0n) is 9.14. The molecule has 0 atom stereocenters. The molecule has 0 saturated heterocycles. The van der Waals surface area contributed by atoms with E-state index in [1.165, 1.54) is 6.07 Å². The zero-order chi connectivity index (χ0) is 12.7. The first-order valence-electron chi connectivity index (χ1n) is 5.11. The van der Waals surface area contributed by atoms with Gasteiger partial charge in [0.25, 0.3) is 0 Å². The minimum atomic E-state index is -3.57. The van der Waals surface area contributed by atoms with Crippen molar-refractivity contribution >= 4 is 10.0 Å². The maximum absolute atomic E-state index is 11.7. The van der Waals surface area contributed by atoms with E-state index in [9.17, 15) is 13.2 Å². The van der Waals surface area contributed by atoms with Crippen molar-refractivity contribution in [2.24, 2.45) is 0 Å². The first-order chi connectivity index (χ1) is 8.06. The number of pyridine rings is 1. The SMILES string of the molecule is N#CCCCCNS(=O)(=O)c1ccc(=O)[nH]c1. The predicted octanol–water partition coefficient (Wildman–Crippen LogP) is 0.347. The summed E-state index contributed by atoms with van der Waals surface area (Å²) in [6.45, 7) is 0.281. The molecule has 92 valence electrons. The number of H-pyrrole nitrogens is 1. The Balaban J connectivity index is 2.55. The van der Waals surface area contributed by atoms with E-state index in [0.29, 0.717) is 19.3 Å². The highest BCUT2D eigenvalue weighted by atomic mass is 32.2. The van der Waals surface area contributed by atoms with Gasteiger partial charge in [-0.15, -0.1) is 0 Å². The van der Waals surface area contributed by atoms with E-state index in [4.69, 9.17) is 5.26 Å². The number of rotatable bonds is 6. The van der Waals surface area contributed by atoms with Crippen molar-refractivity contribution in [1.29, 1.82) is 5.26 Å². The topological polar surface area (TPSA) is 103 Å². The van der Waals surface area contributed by atoms with E-state index in [2.05, 4.69) is 9.71 Å². The summed E-state index contributed by atoms with van der Waals surface area (Å²) >= 11 is 0. The molecule has 17 heavy (non-hydrogen) atoms. The van der Waals surface area contributed by atoms with Gasteiger partial charge in [-0.3, -0.25) is 4.79 Å². The van der Waals surface area contributed by atoms with Gasteiger partial charge in [-0.05, 0) is 18.9 Å². The number of unbranched alkanes of at least 4 members (excludes halogenated alkanes) is 2. The highest BCUT2D eigenvalue weighted by molar-refractivity contribution is 7.89. The first-order valence-corrected chi connectivity index (χ1v) is 6.60. The van der Waals surface area contributed by atoms with E-state index in [0.717, 1.165) is 12.3 Å². The van der Waals surface area contributed by atoms with E-state index >= 15 is 0 Å². The summed E-state index contributed by atoms with van der Waals surface area (Å²) in [6, 6.07) is 4.39. The van der Waals surface area contributed by atoms with Gasteiger partial charge in [0, 0.05) is 25.2 Å². The van der Waals surface area contributed by atoms with Crippen LogP contribution in [0.15, 0.2) is 28.0 Å². The van der Waals surface area contributed by atoms with Crippen LogP contribution in [0.2, 0.25) is 0 Å². The lowest BCUT2D eigenvalue weighted by Gasteiger charge is -2.05. The van der Waals surface area contributed by atoms with Gasteiger partial charge in [-0.1, -0.05) is 0 Å². The number of sulfonamides is 1. The molecule has 0 saturated carbocycles. The molecule has 1 aromatic rings. The van der Waals surface area contributed by atoms with Gasteiger partial charge >= 0.3 is 0 Å². The van der Waals surface area contributed by atoms with Crippen molar-refractivity contribution in [2.45, 2.75) is 24.2 Å². The van der Waals surface area contributed by atoms with Crippen LogP contribution in [0.25, 0.3) is 0 Å².